The van der Waals surface area contributed by atoms with Crippen molar-refractivity contribution >= 4 is 16.3 Å². The van der Waals surface area contributed by atoms with Gasteiger partial charge in [-0.25, -0.2) is 4.98 Å². The fourth-order valence-corrected chi connectivity index (χ4v) is 3.52. The molecule has 5 heteroatoms. The summed E-state index contributed by atoms with van der Waals surface area (Å²) < 4.78 is 2.06. The molecule has 1 saturated heterocycles. The topological polar surface area (TPSA) is 40.8 Å². The van der Waals surface area contributed by atoms with Gasteiger partial charge in [0.05, 0.1) is 11.3 Å². The second-order valence-corrected chi connectivity index (χ2v) is 6.22. The van der Waals surface area contributed by atoms with Gasteiger partial charge in [-0.05, 0) is 18.8 Å². The van der Waals surface area contributed by atoms with E-state index in [1.54, 1.807) is 11.3 Å². The minimum absolute atomic E-state index is 0.378. The third-order valence-corrected chi connectivity index (χ3v) is 4.63. The maximum atomic E-state index is 10.2. The van der Waals surface area contributed by atoms with Crippen molar-refractivity contribution in [3.05, 3.63) is 23.5 Å². The van der Waals surface area contributed by atoms with Gasteiger partial charge in [-0.1, -0.05) is 0 Å². The first-order valence-corrected chi connectivity index (χ1v) is 6.97. The number of imidazole rings is 1. The van der Waals surface area contributed by atoms with E-state index in [4.69, 9.17) is 0 Å². The maximum Gasteiger partial charge on any atom is 0.193 e. The number of likely N-dealkylation sites (tertiary alicyclic amines) is 1. The van der Waals surface area contributed by atoms with Crippen LogP contribution in [0.5, 0.6) is 0 Å². The van der Waals surface area contributed by atoms with Crippen molar-refractivity contribution in [3.63, 3.8) is 0 Å². The molecule has 0 unspecified atom stereocenters. The quantitative estimate of drug-likeness (QED) is 0.892. The number of rotatable bonds is 3. The van der Waals surface area contributed by atoms with Crippen LogP contribution in [0.3, 0.4) is 0 Å². The molecule has 0 bridgehead atoms. The zero-order chi connectivity index (χ0) is 11.5. The second-order valence-electron chi connectivity index (χ2n) is 5.35. The SMILES string of the molecule is OC1(C2CC2)CN(Cc2cn3ccsc3n2)C1. The summed E-state index contributed by atoms with van der Waals surface area (Å²) in [4.78, 5) is 7.90. The fourth-order valence-electron chi connectivity index (χ4n) is 2.80. The van der Waals surface area contributed by atoms with Gasteiger partial charge in [-0.15, -0.1) is 11.3 Å². The average molecular weight is 249 g/mol. The van der Waals surface area contributed by atoms with Crippen molar-refractivity contribution in [2.75, 3.05) is 13.1 Å². The van der Waals surface area contributed by atoms with Crippen molar-refractivity contribution in [1.82, 2.24) is 14.3 Å². The molecule has 2 aliphatic rings. The molecule has 2 aromatic heterocycles. The van der Waals surface area contributed by atoms with Crippen molar-refractivity contribution < 1.29 is 5.11 Å². The molecule has 90 valence electrons. The Hall–Kier alpha value is -0.910. The summed E-state index contributed by atoms with van der Waals surface area (Å²) in [5.74, 6) is 0.573. The molecule has 0 atom stereocenters. The number of aromatic nitrogens is 2. The molecule has 1 N–H and O–H groups in total. The Balaban J connectivity index is 1.43. The molecule has 4 rings (SSSR count). The third kappa shape index (κ3) is 1.61. The summed E-state index contributed by atoms with van der Waals surface area (Å²) in [6.45, 7) is 2.51. The van der Waals surface area contributed by atoms with Crippen LogP contribution >= 0.6 is 11.3 Å². The first kappa shape index (κ1) is 10.1. The van der Waals surface area contributed by atoms with Gasteiger partial charge in [-0.2, -0.15) is 0 Å². The lowest BCUT2D eigenvalue weighted by atomic mass is 9.89. The van der Waals surface area contributed by atoms with Gasteiger partial charge < -0.3 is 5.11 Å². The van der Waals surface area contributed by atoms with Gasteiger partial charge in [-0.3, -0.25) is 9.30 Å². The third-order valence-electron chi connectivity index (χ3n) is 3.86. The van der Waals surface area contributed by atoms with Crippen molar-refractivity contribution in [2.45, 2.75) is 25.0 Å². The Kier molecular flexibility index (Phi) is 1.96. The van der Waals surface area contributed by atoms with Gasteiger partial charge in [0.2, 0.25) is 0 Å². The van der Waals surface area contributed by atoms with Crippen LogP contribution in [0.4, 0.5) is 0 Å². The minimum atomic E-state index is -0.378. The Morgan fingerprint density at radius 1 is 1.47 bits per heavy atom. The van der Waals surface area contributed by atoms with Crippen LogP contribution in [0.2, 0.25) is 0 Å². The highest BCUT2D eigenvalue weighted by Crippen LogP contribution is 2.44. The van der Waals surface area contributed by atoms with E-state index in [1.807, 2.05) is 11.6 Å². The van der Waals surface area contributed by atoms with E-state index < -0.39 is 0 Å². The van der Waals surface area contributed by atoms with Crippen LogP contribution in [0, 0.1) is 5.92 Å². The molecule has 17 heavy (non-hydrogen) atoms. The number of aliphatic hydroxyl groups is 1. The van der Waals surface area contributed by atoms with Gasteiger partial charge in [0.15, 0.2) is 4.96 Å². The molecule has 1 aliphatic heterocycles. The zero-order valence-electron chi connectivity index (χ0n) is 9.54. The molecule has 1 saturated carbocycles. The van der Waals surface area contributed by atoms with E-state index in [2.05, 4.69) is 20.5 Å². The Labute approximate surface area is 104 Å². The van der Waals surface area contributed by atoms with Crippen LogP contribution in [0.1, 0.15) is 18.5 Å². The Morgan fingerprint density at radius 3 is 3.00 bits per heavy atom. The monoisotopic (exact) mass is 249 g/mol. The number of thiazole rings is 1. The molecule has 1 aliphatic carbocycles. The predicted octanol–water partition coefficient (Wildman–Crippen LogP) is 1.35. The minimum Gasteiger partial charge on any atom is -0.387 e. The van der Waals surface area contributed by atoms with E-state index in [-0.39, 0.29) is 5.60 Å². The Bertz CT molecular complexity index is 522. The molecule has 0 amide bonds. The van der Waals surface area contributed by atoms with E-state index in [9.17, 15) is 5.11 Å². The van der Waals surface area contributed by atoms with E-state index in [1.165, 1.54) is 12.8 Å². The zero-order valence-corrected chi connectivity index (χ0v) is 10.4. The highest BCUT2D eigenvalue weighted by atomic mass is 32.1. The number of hydrogen-bond donors (Lipinski definition) is 1. The molecule has 0 spiro atoms. The van der Waals surface area contributed by atoms with Gasteiger partial charge in [0, 0.05) is 37.4 Å². The van der Waals surface area contributed by atoms with Gasteiger partial charge in [0.1, 0.15) is 0 Å². The summed E-state index contributed by atoms with van der Waals surface area (Å²) in [5, 5.41) is 12.3. The molecule has 3 heterocycles. The average Bonchev–Trinajstić information content (AvgIpc) is 2.90. The lowest BCUT2D eigenvalue weighted by Gasteiger charge is -2.46. The van der Waals surface area contributed by atoms with Crippen molar-refractivity contribution in [3.8, 4) is 0 Å². The molecular weight excluding hydrogens is 234 g/mol. The summed E-state index contributed by atoms with van der Waals surface area (Å²) in [6.07, 6.45) is 6.54. The van der Waals surface area contributed by atoms with Crippen molar-refractivity contribution in [1.29, 1.82) is 0 Å². The van der Waals surface area contributed by atoms with E-state index in [0.29, 0.717) is 5.92 Å². The predicted molar refractivity (Wildman–Crippen MR) is 66.0 cm³/mol. The van der Waals surface area contributed by atoms with Crippen LogP contribution in [0.15, 0.2) is 17.8 Å². The van der Waals surface area contributed by atoms with Crippen LogP contribution in [0.25, 0.3) is 4.96 Å². The summed E-state index contributed by atoms with van der Waals surface area (Å²) in [5.41, 5.74) is 0.728. The van der Waals surface area contributed by atoms with Crippen LogP contribution < -0.4 is 0 Å². The van der Waals surface area contributed by atoms with Gasteiger partial charge >= 0.3 is 0 Å². The molecule has 2 aromatic rings. The lowest BCUT2D eigenvalue weighted by molar-refractivity contribution is -0.116. The normalized spacial score (nSPS) is 24.1. The number of fused-ring (bicyclic) bond motifs is 1. The summed E-state index contributed by atoms with van der Waals surface area (Å²) >= 11 is 1.66. The van der Waals surface area contributed by atoms with Crippen molar-refractivity contribution in [2.24, 2.45) is 5.92 Å². The summed E-state index contributed by atoms with van der Waals surface area (Å²) in [6, 6.07) is 0. The number of nitrogens with zero attached hydrogens (tertiary/aromatic N) is 3. The molecule has 4 nitrogen and oxygen atoms in total. The highest BCUT2D eigenvalue weighted by molar-refractivity contribution is 7.15. The second kappa shape index (κ2) is 3.31. The van der Waals surface area contributed by atoms with E-state index in [0.717, 1.165) is 30.3 Å². The highest BCUT2D eigenvalue weighted by Gasteiger charge is 2.51. The van der Waals surface area contributed by atoms with Gasteiger partial charge in [0.25, 0.3) is 0 Å². The van der Waals surface area contributed by atoms with Crippen LogP contribution in [-0.2, 0) is 6.54 Å². The molecular formula is C12H15N3OS. The first-order valence-electron chi connectivity index (χ1n) is 6.09. The molecule has 2 fully saturated rings. The number of β-amino-alcohol motifs (C(OH)–C–C–N with tert-alkyl or cyclic N) is 1. The van der Waals surface area contributed by atoms with E-state index >= 15 is 0 Å². The lowest BCUT2D eigenvalue weighted by Crippen LogP contribution is -2.62. The molecule has 0 radical (unpaired) electrons. The first-order chi connectivity index (χ1) is 8.23. The largest absolute Gasteiger partial charge is 0.387 e. The molecule has 0 aromatic carbocycles. The fraction of sp³-hybridized carbons (Fsp3) is 0.583. The smallest absolute Gasteiger partial charge is 0.193 e. The van der Waals surface area contributed by atoms with Crippen LogP contribution in [-0.4, -0.2) is 38.1 Å². The summed E-state index contributed by atoms with van der Waals surface area (Å²) in [7, 11) is 0. The standard InChI is InChI=1S/C12H15N3OS/c16-12(9-1-2-9)7-14(8-12)5-10-6-15-3-4-17-11(15)13-10/h3-4,6,9,16H,1-2,5,7-8H2. The Morgan fingerprint density at radius 2 is 2.29 bits per heavy atom. The maximum absolute atomic E-state index is 10.2. The number of hydrogen-bond acceptors (Lipinski definition) is 4.